The molecule has 6 heteroatoms. The highest BCUT2D eigenvalue weighted by Gasteiger charge is 2.48. The average Bonchev–Trinajstić information content (AvgIpc) is 3.34. The molecule has 27 heavy (non-hydrogen) atoms. The number of rotatable bonds is 3. The minimum atomic E-state index is -0.412. The number of carbonyl (C=O) groups excluding carboxylic acids is 2. The summed E-state index contributed by atoms with van der Waals surface area (Å²) in [6, 6.07) is 11.0. The Morgan fingerprint density at radius 3 is 2.85 bits per heavy atom. The number of benzene rings is 1. The molecule has 0 bridgehead atoms. The van der Waals surface area contributed by atoms with Crippen molar-refractivity contribution in [3.05, 3.63) is 42.2 Å². The zero-order chi connectivity index (χ0) is 19.0. The van der Waals surface area contributed by atoms with Gasteiger partial charge in [-0.1, -0.05) is 12.1 Å². The Hall–Kier alpha value is -2.76. The minimum Gasteiger partial charge on any atom is -0.497 e. The molecular formula is C21H24N2O4. The molecule has 1 spiro atoms. The van der Waals surface area contributed by atoms with E-state index in [1.807, 2.05) is 31.3 Å². The highest BCUT2D eigenvalue weighted by molar-refractivity contribution is 5.93. The van der Waals surface area contributed by atoms with Crippen LogP contribution in [0.15, 0.2) is 40.8 Å². The topological polar surface area (TPSA) is 63.0 Å². The fraction of sp³-hybridized carbons (Fsp3) is 0.429. The van der Waals surface area contributed by atoms with Gasteiger partial charge in [0.2, 0.25) is 5.91 Å². The summed E-state index contributed by atoms with van der Waals surface area (Å²) >= 11 is 0. The quantitative estimate of drug-likeness (QED) is 0.835. The van der Waals surface area contributed by atoms with Crippen molar-refractivity contribution in [3.63, 3.8) is 0 Å². The van der Waals surface area contributed by atoms with Crippen LogP contribution < -0.4 is 4.74 Å². The van der Waals surface area contributed by atoms with Gasteiger partial charge in [-0.05, 0) is 43.5 Å². The van der Waals surface area contributed by atoms with Crippen molar-refractivity contribution in [2.24, 2.45) is 5.41 Å². The molecule has 0 aliphatic carbocycles. The maximum Gasteiger partial charge on any atom is 0.289 e. The van der Waals surface area contributed by atoms with E-state index < -0.39 is 5.41 Å². The second kappa shape index (κ2) is 6.76. The smallest absolute Gasteiger partial charge is 0.289 e. The summed E-state index contributed by atoms with van der Waals surface area (Å²) in [5.41, 5.74) is 0.445. The molecule has 0 saturated carbocycles. The van der Waals surface area contributed by atoms with E-state index in [4.69, 9.17) is 9.15 Å². The van der Waals surface area contributed by atoms with E-state index in [2.05, 4.69) is 0 Å². The Morgan fingerprint density at radius 1 is 1.19 bits per heavy atom. The van der Waals surface area contributed by atoms with Crippen LogP contribution in [0.2, 0.25) is 0 Å². The van der Waals surface area contributed by atoms with Crippen LogP contribution in [0.1, 0.15) is 29.8 Å². The van der Waals surface area contributed by atoms with Crippen molar-refractivity contribution in [2.45, 2.75) is 19.3 Å². The van der Waals surface area contributed by atoms with Crippen LogP contribution in [-0.2, 0) is 4.79 Å². The third kappa shape index (κ3) is 3.09. The van der Waals surface area contributed by atoms with E-state index >= 15 is 0 Å². The molecule has 2 amide bonds. The minimum absolute atomic E-state index is 0.151. The van der Waals surface area contributed by atoms with Crippen molar-refractivity contribution >= 4 is 11.8 Å². The molecule has 2 saturated heterocycles. The van der Waals surface area contributed by atoms with Gasteiger partial charge in [-0.25, -0.2) is 0 Å². The summed E-state index contributed by atoms with van der Waals surface area (Å²) < 4.78 is 11.1. The van der Waals surface area contributed by atoms with Crippen LogP contribution in [0.25, 0.3) is 11.3 Å². The number of amides is 2. The number of hydrogen-bond donors (Lipinski definition) is 0. The van der Waals surface area contributed by atoms with E-state index in [-0.39, 0.29) is 11.8 Å². The van der Waals surface area contributed by atoms with E-state index in [1.54, 1.807) is 29.0 Å². The first-order valence-electron chi connectivity index (χ1n) is 9.31. The molecule has 6 nitrogen and oxygen atoms in total. The fourth-order valence-corrected chi connectivity index (χ4v) is 4.23. The first-order valence-corrected chi connectivity index (χ1v) is 9.31. The molecule has 4 rings (SSSR count). The van der Waals surface area contributed by atoms with Gasteiger partial charge in [0.15, 0.2) is 5.76 Å². The van der Waals surface area contributed by atoms with Gasteiger partial charge in [0.25, 0.3) is 5.91 Å². The van der Waals surface area contributed by atoms with Crippen LogP contribution in [0.4, 0.5) is 0 Å². The summed E-state index contributed by atoms with van der Waals surface area (Å²) in [5, 5.41) is 0. The van der Waals surface area contributed by atoms with Crippen LogP contribution in [0.5, 0.6) is 5.75 Å². The third-order valence-corrected chi connectivity index (χ3v) is 5.76. The molecule has 2 aromatic rings. The predicted octanol–water partition coefficient (Wildman–Crippen LogP) is 3.04. The van der Waals surface area contributed by atoms with Crippen LogP contribution in [0, 0.1) is 5.41 Å². The van der Waals surface area contributed by atoms with Gasteiger partial charge in [-0.2, -0.15) is 0 Å². The van der Waals surface area contributed by atoms with Crippen molar-refractivity contribution in [1.29, 1.82) is 0 Å². The summed E-state index contributed by atoms with van der Waals surface area (Å²) in [4.78, 5) is 29.1. The lowest BCUT2D eigenvalue weighted by molar-refractivity contribution is -0.143. The van der Waals surface area contributed by atoms with Crippen LogP contribution in [0.3, 0.4) is 0 Å². The van der Waals surface area contributed by atoms with Crippen LogP contribution >= 0.6 is 0 Å². The molecule has 1 aromatic carbocycles. The Morgan fingerprint density at radius 2 is 2.04 bits per heavy atom. The number of methoxy groups -OCH3 is 1. The Balaban J connectivity index is 1.51. The van der Waals surface area contributed by atoms with Crippen molar-refractivity contribution in [1.82, 2.24) is 9.80 Å². The van der Waals surface area contributed by atoms with Gasteiger partial charge in [0.1, 0.15) is 11.5 Å². The van der Waals surface area contributed by atoms with Crippen molar-refractivity contribution < 1.29 is 18.7 Å². The number of nitrogens with zero attached hydrogens (tertiary/aromatic N) is 2. The summed E-state index contributed by atoms with van der Waals surface area (Å²) in [6.45, 7) is 1.87. The maximum atomic E-state index is 12.9. The molecular weight excluding hydrogens is 344 g/mol. The van der Waals surface area contributed by atoms with Gasteiger partial charge in [0.05, 0.1) is 12.5 Å². The normalized spacial score (nSPS) is 22.5. The Kier molecular flexibility index (Phi) is 4.42. The first kappa shape index (κ1) is 17.6. The first-order chi connectivity index (χ1) is 13.0. The molecule has 0 radical (unpaired) electrons. The zero-order valence-corrected chi connectivity index (χ0v) is 15.7. The number of ether oxygens (including phenoxy) is 1. The molecule has 1 aromatic heterocycles. The van der Waals surface area contributed by atoms with E-state index in [0.717, 1.165) is 37.1 Å². The Bertz CT molecular complexity index is 875. The lowest BCUT2D eigenvalue weighted by Gasteiger charge is -2.37. The summed E-state index contributed by atoms with van der Waals surface area (Å²) in [5.74, 6) is 1.68. The SMILES string of the molecule is COc1cccc(-c2ccc(C(=O)N3CCC4(CCCN(C)C4=O)C3)o2)c1. The highest BCUT2D eigenvalue weighted by Crippen LogP contribution is 2.40. The molecule has 2 fully saturated rings. The van der Waals surface area contributed by atoms with Crippen LogP contribution in [-0.4, -0.2) is 55.4 Å². The zero-order valence-electron chi connectivity index (χ0n) is 15.7. The molecule has 1 unspecified atom stereocenters. The maximum absolute atomic E-state index is 12.9. The van der Waals surface area contributed by atoms with Crippen molar-refractivity contribution in [2.75, 3.05) is 33.8 Å². The van der Waals surface area contributed by atoms with Crippen molar-refractivity contribution in [3.8, 4) is 17.1 Å². The van der Waals surface area contributed by atoms with Gasteiger partial charge in [-0.15, -0.1) is 0 Å². The molecule has 142 valence electrons. The number of carbonyl (C=O) groups is 2. The second-order valence-corrected chi connectivity index (χ2v) is 7.48. The number of piperidine rings is 1. The van der Waals surface area contributed by atoms with Gasteiger partial charge >= 0.3 is 0 Å². The van der Waals surface area contributed by atoms with Gasteiger partial charge < -0.3 is 19.0 Å². The lowest BCUT2D eigenvalue weighted by Crippen LogP contribution is -2.48. The molecule has 2 aliphatic heterocycles. The Labute approximate surface area is 158 Å². The largest absolute Gasteiger partial charge is 0.497 e. The lowest BCUT2D eigenvalue weighted by atomic mass is 9.78. The van der Waals surface area contributed by atoms with E-state index in [0.29, 0.717) is 24.6 Å². The average molecular weight is 368 g/mol. The monoisotopic (exact) mass is 368 g/mol. The summed E-state index contributed by atoms with van der Waals surface area (Å²) in [7, 11) is 3.46. The van der Waals surface area contributed by atoms with Gasteiger partial charge in [-0.3, -0.25) is 9.59 Å². The fourth-order valence-electron chi connectivity index (χ4n) is 4.23. The van der Waals surface area contributed by atoms with E-state index in [9.17, 15) is 9.59 Å². The second-order valence-electron chi connectivity index (χ2n) is 7.48. The molecule has 1 atom stereocenters. The number of hydrogen-bond acceptors (Lipinski definition) is 4. The number of likely N-dealkylation sites (tertiary alicyclic amines) is 2. The standard InChI is InChI=1S/C21H24N2O4/c1-22-11-4-9-21(20(22)25)10-12-23(14-21)19(24)18-8-7-17(27-18)15-5-3-6-16(13-15)26-2/h3,5-8,13H,4,9-12,14H2,1-2H3. The molecule has 3 heterocycles. The number of furan rings is 1. The highest BCUT2D eigenvalue weighted by atomic mass is 16.5. The molecule has 2 aliphatic rings. The van der Waals surface area contributed by atoms with E-state index in [1.165, 1.54) is 0 Å². The summed E-state index contributed by atoms with van der Waals surface area (Å²) in [6.07, 6.45) is 2.57. The molecule has 0 N–H and O–H groups in total. The van der Waals surface area contributed by atoms with Gasteiger partial charge in [0, 0.05) is 32.2 Å². The third-order valence-electron chi connectivity index (χ3n) is 5.76. The predicted molar refractivity (Wildman–Crippen MR) is 101 cm³/mol.